The van der Waals surface area contributed by atoms with Crippen LogP contribution in [0.4, 0.5) is 0 Å². The van der Waals surface area contributed by atoms with Crippen molar-refractivity contribution < 1.29 is 9.53 Å². The van der Waals surface area contributed by atoms with E-state index in [1.807, 2.05) is 13.8 Å². The van der Waals surface area contributed by atoms with Crippen molar-refractivity contribution in [3.8, 4) is 0 Å². The summed E-state index contributed by atoms with van der Waals surface area (Å²) in [5.41, 5.74) is 0.00322. The number of hydrogen-bond acceptors (Lipinski definition) is 2. The number of carbonyl (C=O) groups excluding carboxylic acids is 1. The lowest BCUT2D eigenvalue weighted by Gasteiger charge is -2.36. The number of hydrogen-bond donors (Lipinski definition) is 0. The van der Waals surface area contributed by atoms with Crippen LogP contribution >= 0.6 is 0 Å². The standard InChI is InChI=1S/C10H16O2/c1-9(2)5-10(3,4)8-6(12-8)7(9)11/h6,8H,5H2,1-4H3. The zero-order valence-electron chi connectivity index (χ0n) is 8.18. The van der Waals surface area contributed by atoms with E-state index in [9.17, 15) is 4.79 Å². The van der Waals surface area contributed by atoms with Gasteiger partial charge < -0.3 is 4.74 Å². The van der Waals surface area contributed by atoms with Crippen molar-refractivity contribution in [1.29, 1.82) is 0 Å². The second-order valence-electron chi connectivity index (χ2n) is 5.39. The van der Waals surface area contributed by atoms with Gasteiger partial charge in [-0.3, -0.25) is 4.79 Å². The van der Waals surface area contributed by atoms with Crippen molar-refractivity contribution in [3.05, 3.63) is 0 Å². The average molecular weight is 168 g/mol. The lowest BCUT2D eigenvalue weighted by atomic mass is 9.65. The normalized spacial score (nSPS) is 42.2. The van der Waals surface area contributed by atoms with Crippen molar-refractivity contribution in [1.82, 2.24) is 0 Å². The summed E-state index contributed by atoms with van der Waals surface area (Å²) >= 11 is 0. The maximum atomic E-state index is 11.7. The number of epoxide rings is 1. The van der Waals surface area contributed by atoms with E-state index in [1.54, 1.807) is 0 Å². The monoisotopic (exact) mass is 168 g/mol. The molecule has 68 valence electrons. The molecule has 0 bridgehead atoms. The van der Waals surface area contributed by atoms with Crippen LogP contribution in [0.2, 0.25) is 0 Å². The first-order valence-corrected chi connectivity index (χ1v) is 4.54. The van der Waals surface area contributed by atoms with Crippen LogP contribution < -0.4 is 0 Å². The minimum absolute atomic E-state index is 0.0799. The molecule has 2 heteroatoms. The van der Waals surface area contributed by atoms with Gasteiger partial charge in [0.2, 0.25) is 0 Å². The summed E-state index contributed by atoms with van der Waals surface area (Å²) in [4.78, 5) is 11.7. The summed E-state index contributed by atoms with van der Waals surface area (Å²) in [6, 6.07) is 0. The fraction of sp³-hybridized carbons (Fsp3) is 0.900. The second kappa shape index (κ2) is 1.92. The molecule has 0 N–H and O–H groups in total. The van der Waals surface area contributed by atoms with E-state index in [4.69, 9.17) is 4.74 Å². The molecule has 0 aromatic rings. The first-order valence-electron chi connectivity index (χ1n) is 4.54. The van der Waals surface area contributed by atoms with Gasteiger partial charge >= 0.3 is 0 Å². The predicted molar refractivity (Wildman–Crippen MR) is 45.8 cm³/mol. The maximum Gasteiger partial charge on any atom is 0.169 e. The second-order valence-corrected chi connectivity index (χ2v) is 5.39. The molecule has 2 atom stereocenters. The molecule has 2 fully saturated rings. The van der Waals surface area contributed by atoms with Crippen molar-refractivity contribution in [2.45, 2.75) is 46.3 Å². The van der Waals surface area contributed by atoms with E-state index < -0.39 is 0 Å². The summed E-state index contributed by atoms with van der Waals surface area (Å²) < 4.78 is 5.39. The van der Waals surface area contributed by atoms with E-state index in [2.05, 4.69) is 13.8 Å². The Balaban J connectivity index is 2.28. The van der Waals surface area contributed by atoms with Crippen LogP contribution in [0.5, 0.6) is 0 Å². The SMILES string of the molecule is CC1(C)CC(C)(C)C2OC2C1=O. The molecule has 0 spiro atoms. The van der Waals surface area contributed by atoms with Crippen molar-refractivity contribution in [2.75, 3.05) is 0 Å². The van der Waals surface area contributed by atoms with Crippen molar-refractivity contribution >= 4 is 5.78 Å². The van der Waals surface area contributed by atoms with E-state index in [-0.39, 0.29) is 23.0 Å². The van der Waals surface area contributed by atoms with Gasteiger partial charge in [-0.25, -0.2) is 0 Å². The Hall–Kier alpha value is -0.370. The molecule has 2 nitrogen and oxygen atoms in total. The molecule has 0 radical (unpaired) electrons. The minimum Gasteiger partial charge on any atom is -0.361 e. The van der Waals surface area contributed by atoms with Gasteiger partial charge in [0, 0.05) is 5.41 Å². The summed E-state index contributed by atoms with van der Waals surface area (Å²) in [7, 11) is 0. The molecule has 0 aromatic heterocycles. The summed E-state index contributed by atoms with van der Waals surface area (Å²) in [6.45, 7) is 8.42. The van der Waals surface area contributed by atoms with Gasteiger partial charge in [0.05, 0.1) is 6.10 Å². The van der Waals surface area contributed by atoms with Crippen LogP contribution in [-0.4, -0.2) is 18.0 Å². The number of ketones is 1. The largest absolute Gasteiger partial charge is 0.361 e. The van der Waals surface area contributed by atoms with Crippen LogP contribution in [0, 0.1) is 10.8 Å². The van der Waals surface area contributed by atoms with Gasteiger partial charge in [-0.05, 0) is 11.8 Å². The molecule has 2 rings (SSSR count). The topological polar surface area (TPSA) is 29.6 Å². The van der Waals surface area contributed by atoms with Crippen LogP contribution in [0.25, 0.3) is 0 Å². The quantitative estimate of drug-likeness (QED) is 0.516. The third kappa shape index (κ3) is 0.939. The van der Waals surface area contributed by atoms with E-state index in [0.717, 1.165) is 6.42 Å². The van der Waals surface area contributed by atoms with E-state index in [1.165, 1.54) is 0 Å². The Kier molecular flexibility index (Phi) is 1.32. The van der Waals surface area contributed by atoms with Gasteiger partial charge in [0.15, 0.2) is 5.78 Å². The Labute approximate surface area is 73.3 Å². The van der Waals surface area contributed by atoms with E-state index >= 15 is 0 Å². The highest BCUT2D eigenvalue weighted by Crippen LogP contribution is 2.53. The fourth-order valence-corrected chi connectivity index (χ4v) is 2.62. The lowest BCUT2D eigenvalue weighted by Crippen LogP contribution is -2.42. The molecule has 12 heavy (non-hydrogen) atoms. The molecule has 2 unspecified atom stereocenters. The average Bonchev–Trinajstić information content (AvgIpc) is 2.58. The number of carbonyl (C=O) groups is 1. The number of rotatable bonds is 0. The third-order valence-electron chi connectivity index (χ3n) is 3.08. The molecular formula is C10H16O2. The van der Waals surface area contributed by atoms with Crippen LogP contribution in [0.15, 0.2) is 0 Å². The fourth-order valence-electron chi connectivity index (χ4n) is 2.62. The molecule has 1 saturated heterocycles. The molecular weight excluding hydrogens is 152 g/mol. The van der Waals surface area contributed by atoms with Gasteiger partial charge in [-0.2, -0.15) is 0 Å². The molecule has 2 aliphatic rings. The summed E-state index contributed by atoms with van der Waals surface area (Å²) in [6.07, 6.45) is 1.07. The molecule has 1 aliphatic heterocycles. The zero-order valence-corrected chi connectivity index (χ0v) is 8.18. The third-order valence-corrected chi connectivity index (χ3v) is 3.08. The number of fused-ring (bicyclic) bond motifs is 1. The van der Waals surface area contributed by atoms with Gasteiger partial charge in [-0.15, -0.1) is 0 Å². The predicted octanol–water partition coefficient (Wildman–Crippen LogP) is 1.78. The zero-order chi connectivity index (χ0) is 9.15. The van der Waals surface area contributed by atoms with E-state index in [0.29, 0.717) is 5.78 Å². The lowest BCUT2D eigenvalue weighted by molar-refractivity contribution is -0.131. The van der Waals surface area contributed by atoms with Crippen LogP contribution in [-0.2, 0) is 9.53 Å². The summed E-state index contributed by atoms with van der Waals surface area (Å²) in [5.74, 6) is 0.298. The van der Waals surface area contributed by atoms with Gasteiger partial charge in [-0.1, -0.05) is 27.7 Å². The Morgan fingerprint density at radius 3 is 2.50 bits per heavy atom. The van der Waals surface area contributed by atoms with Crippen LogP contribution in [0.1, 0.15) is 34.1 Å². The summed E-state index contributed by atoms with van der Waals surface area (Å²) in [5, 5.41) is 0. The van der Waals surface area contributed by atoms with Crippen LogP contribution in [0.3, 0.4) is 0 Å². The Morgan fingerprint density at radius 1 is 1.33 bits per heavy atom. The van der Waals surface area contributed by atoms with Crippen molar-refractivity contribution in [3.63, 3.8) is 0 Å². The molecule has 0 aromatic carbocycles. The highest BCUT2D eigenvalue weighted by atomic mass is 16.6. The molecule has 1 aliphatic carbocycles. The van der Waals surface area contributed by atoms with Crippen molar-refractivity contribution in [2.24, 2.45) is 10.8 Å². The first-order chi connectivity index (χ1) is 5.34. The first kappa shape index (κ1) is 8.24. The molecule has 1 heterocycles. The molecule has 1 saturated carbocycles. The Bertz CT molecular complexity index is 240. The maximum absolute atomic E-state index is 11.7. The highest BCUT2D eigenvalue weighted by molar-refractivity contribution is 5.92. The van der Waals surface area contributed by atoms with Gasteiger partial charge in [0.25, 0.3) is 0 Å². The number of Topliss-reactive ketones (excluding diaryl/α,β-unsaturated/α-hetero) is 1. The number of ether oxygens (including phenoxy) is 1. The van der Waals surface area contributed by atoms with Gasteiger partial charge in [0.1, 0.15) is 6.10 Å². The smallest absolute Gasteiger partial charge is 0.169 e. The highest BCUT2D eigenvalue weighted by Gasteiger charge is 2.62. The Morgan fingerprint density at radius 2 is 1.92 bits per heavy atom. The minimum atomic E-state index is -0.179. The molecule has 0 amide bonds.